The van der Waals surface area contributed by atoms with Crippen LogP contribution >= 0.6 is 0 Å². The second-order valence-electron chi connectivity index (χ2n) is 8.74. The van der Waals surface area contributed by atoms with Gasteiger partial charge in [-0.25, -0.2) is 0 Å². The Morgan fingerprint density at radius 3 is 2.64 bits per heavy atom. The van der Waals surface area contributed by atoms with Crippen molar-refractivity contribution in [3.63, 3.8) is 0 Å². The summed E-state index contributed by atoms with van der Waals surface area (Å²) >= 11 is 0. The molecule has 1 heterocycles. The minimum absolute atomic E-state index is 0.00613. The molecule has 1 aliphatic carbocycles. The summed E-state index contributed by atoms with van der Waals surface area (Å²) < 4.78 is 23.2. The van der Waals surface area contributed by atoms with Gasteiger partial charge in [0.15, 0.2) is 6.29 Å². The fourth-order valence-electron chi connectivity index (χ4n) is 4.27. The molecule has 1 fully saturated rings. The highest BCUT2D eigenvalue weighted by Crippen LogP contribution is 2.31. The first-order valence-electron chi connectivity index (χ1n) is 11.9. The minimum Gasteiger partial charge on any atom is -0.497 e. The Balaban J connectivity index is 1.77. The van der Waals surface area contributed by atoms with Crippen LogP contribution in [0, 0.1) is 0 Å². The van der Waals surface area contributed by atoms with Gasteiger partial charge >= 0.3 is 0 Å². The molecule has 1 aromatic carbocycles. The van der Waals surface area contributed by atoms with Crippen LogP contribution in [0.1, 0.15) is 57.1 Å². The topological polar surface area (TPSA) is 77.4 Å². The summed E-state index contributed by atoms with van der Waals surface area (Å²) in [5.74, 6) is 1.64. The number of aryl methyl sites for hydroxylation is 1. The normalized spacial score (nSPS) is 24.0. The predicted octanol–water partition coefficient (Wildman–Crippen LogP) is 4.51. The van der Waals surface area contributed by atoms with E-state index in [9.17, 15) is 5.11 Å². The maximum Gasteiger partial charge on any atom is 0.160 e. The Morgan fingerprint density at radius 2 is 1.97 bits per heavy atom. The molecule has 0 saturated carbocycles. The number of allylic oxidation sites excluding steroid dienone is 3. The molecule has 3 atom stereocenters. The standard InChI is InChI=1S/C27H38O6/c1-4-20-5-7-21(8-6-20)14-22(18-32-27-16-24(29)13-19(2)33-27)15-23-9-10-25(31-12-11-28)17-26(23)30-3/h5-8,14,17,19,24,27-29H,4,9-13,15-16,18H2,1-3H3/b22-14+/t19-,24?,27?/m1/s1. The van der Waals surface area contributed by atoms with Crippen molar-refractivity contribution in [1.82, 2.24) is 0 Å². The second-order valence-corrected chi connectivity index (χ2v) is 8.74. The van der Waals surface area contributed by atoms with Crippen molar-refractivity contribution in [3.8, 4) is 0 Å². The Morgan fingerprint density at radius 1 is 1.18 bits per heavy atom. The summed E-state index contributed by atoms with van der Waals surface area (Å²) in [6, 6.07) is 8.57. The number of methoxy groups -OCH3 is 1. The third-order valence-electron chi connectivity index (χ3n) is 6.02. The van der Waals surface area contributed by atoms with Crippen LogP contribution in [0.3, 0.4) is 0 Å². The van der Waals surface area contributed by atoms with E-state index in [2.05, 4.69) is 37.3 Å². The van der Waals surface area contributed by atoms with Crippen LogP contribution in [-0.2, 0) is 25.4 Å². The average molecular weight is 459 g/mol. The zero-order valence-electron chi connectivity index (χ0n) is 20.1. The number of hydrogen-bond acceptors (Lipinski definition) is 6. The molecule has 1 aliphatic heterocycles. The highest BCUT2D eigenvalue weighted by atomic mass is 16.7. The fourth-order valence-corrected chi connectivity index (χ4v) is 4.27. The molecule has 0 bridgehead atoms. The van der Waals surface area contributed by atoms with E-state index in [-0.39, 0.29) is 19.3 Å². The Hall–Kier alpha value is -2.12. The molecular weight excluding hydrogens is 420 g/mol. The van der Waals surface area contributed by atoms with E-state index in [1.54, 1.807) is 7.11 Å². The SMILES string of the molecule is CCc1ccc(/C=C(/COC2CC(O)C[C@@H](C)O2)CC2=C(OC)C=C(OCCO)CC2)cc1. The van der Waals surface area contributed by atoms with Gasteiger partial charge in [-0.3, -0.25) is 0 Å². The van der Waals surface area contributed by atoms with E-state index < -0.39 is 12.4 Å². The summed E-state index contributed by atoms with van der Waals surface area (Å²) in [5.41, 5.74) is 4.74. The predicted molar refractivity (Wildman–Crippen MR) is 128 cm³/mol. The van der Waals surface area contributed by atoms with Crippen molar-refractivity contribution in [2.75, 3.05) is 26.9 Å². The van der Waals surface area contributed by atoms with E-state index in [0.717, 1.165) is 41.9 Å². The first kappa shape index (κ1) is 25.5. The molecule has 2 aliphatic rings. The lowest BCUT2D eigenvalue weighted by Gasteiger charge is -2.31. The Bertz CT molecular complexity index is 829. The van der Waals surface area contributed by atoms with Crippen molar-refractivity contribution >= 4 is 6.08 Å². The zero-order chi connectivity index (χ0) is 23.6. The molecule has 0 aromatic heterocycles. The third-order valence-corrected chi connectivity index (χ3v) is 6.02. The van der Waals surface area contributed by atoms with Gasteiger partial charge in [0, 0.05) is 18.9 Å². The minimum atomic E-state index is -0.407. The van der Waals surface area contributed by atoms with Gasteiger partial charge in [0.2, 0.25) is 0 Å². The van der Waals surface area contributed by atoms with Crippen LogP contribution in [0.4, 0.5) is 0 Å². The maximum absolute atomic E-state index is 10.1. The lowest BCUT2D eigenvalue weighted by atomic mass is 9.94. The van der Waals surface area contributed by atoms with E-state index in [4.69, 9.17) is 24.1 Å². The molecule has 2 N–H and O–H groups in total. The lowest BCUT2D eigenvalue weighted by molar-refractivity contribution is -0.206. The van der Waals surface area contributed by atoms with Gasteiger partial charge in [-0.1, -0.05) is 37.3 Å². The maximum atomic E-state index is 10.1. The molecule has 0 spiro atoms. The van der Waals surface area contributed by atoms with Gasteiger partial charge in [-0.15, -0.1) is 0 Å². The van der Waals surface area contributed by atoms with E-state index in [1.807, 2.05) is 13.0 Å². The lowest BCUT2D eigenvalue weighted by Crippen LogP contribution is -2.36. The van der Waals surface area contributed by atoms with Crippen LogP contribution in [-0.4, -0.2) is 55.6 Å². The van der Waals surface area contributed by atoms with E-state index in [0.29, 0.717) is 25.9 Å². The van der Waals surface area contributed by atoms with E-state index in [1.165, 1.54) is 11.1 Å². The number of benzene rings is 1. The smallest absolute Gasteiger partial charge is 0.160 e. The molecule has 3 rings (SSSR count). The summed E-state index contributed by atoms with van der Waals surface area (Å²) in [6.45, 7) is 4.81. The number of ether oxygens (including phenoxy) is 4. The van der Waals surface area contributed by atoms with Crippen molar-refractivity contribution in [2.45, 2.75) is 70.9 Å². The average Bonchev–Trinajstić information content (AvgIpc) is 2.81. The van der Waals surface area contributed by atoms with Gasteiger partial charge in [-0.05, 0) is 54.9 Å². The molecule has 0 amide bonds. The molecule has 6 nitrogen and oxygen atoms in total. The van der Waals surface area contributed by atoms with Gasteiger partial charge in [0.1, 0.15) is 18.1 Å². The molecule has 182 valence electrons. The third kappa shape index (κ3) is 8.00. The number of rotatable bonds is 11. The fraction of sp³-hybridized carbons (Fsp3) is 0.556. The molecule has 33 heavy (non-hydrogen) atoms. The second kappa shape index (κ2) is 12.9. The molecule has 1 saturated heterocycles. The van der Waals surface area contributed by atoms with Crippen molar-refractivity contribution in [2.24, 2.45) is 0 Å². The van der Waals surface area contributed by atoms with Gasteiger partial charge in [-0.2, -0.15) is 0 Å². The Labute approximate surface area is 197 Å². The molecule has 1 aromatic rings. The first-order valence-corrected chi connectivity index (χ1v) is 11.9. The van der Waals surface area contributed by atoms with Crippen LogP contribution in [0.2, 0.25) is 0 Å². The number of hydrogen-bond donors (Lipinski definition) is 2. The first-order chi connectivity index (χ1) is 16.0. The van der Waals surface area contributed by atoms with Gasteiger partial charge in [0.05, 0.1) is 32.5 Å². The molecule has 6 heteroatoms. The molecule has 0 radical (unpaired) electrons. The van der Waals surface area contributed by atoms with E-state index >= 15 is 0 Å². The quantitative estimate of drug-likeness (QED) is 0.508. The summed E-state index contributed by atoms with van der Waals surface area (Å²) in [6.07, 6.45) is 7.73. The van der Waals surface area contributed by atoms with Crippen molar-refractivity contribution < 1.29 is 29.2 Å². The van der Waals surface area contributed by atoms with Crippen LogP contribution in [0.25, 0.3) is 6.08 Å². The summed E-state index contributed by atoms with van der Waals surface area (Å²) in [5, 5.41) is 19.1. The van der Waals surface area contributed by atoms with Crippen LogP contribution < -0.4 is 0 Å². The molecular formula is C27H38O6. The number of aliphatic hydroxyl groups excluding tert-OH is 2. The largest absolute Gasteiger partial charge is 0.497 e. The van der Waals surface area contributed by atoms with Crippen LogP contribution in [0.15, 0.2) is 53.0 Å². The summed E-state index contributed by atoms with van der Waals surface area (Å²) in [7, 11) is 1.67. The number of aliphatic hydroxyl groups is 2. The highest BCUT2D eigenvalue weighted by molar-refractivity contribution is 5.54. The summed E-state index contributed by atoms with van der Waals surface area (Å²) in [4.78, 5) is 0. The van der Waals surface area contributed by atoms with Gasteiger partial charge in [0.25, 0.3) is 0 Å². The van der Waals surface area contributed by atoms with Gasteiger partial charge < -0.3 is 29.2 Å². The van der Waals surface area contributed by atoms with Crippen molar-refractivity contribution in [3.05, 3.63) is 64.1 Å². The monoisotopic (exact) mass is 458 g/mol. The zero-order valence-corrected chi connectivity index (χ0v) is 20.1. The Kier molecular flexibility index (Phi) is 10.0. The van der Waals surface area contributed by atoms with Crippen molar-refractivity contribution in [1.29, 1.82) is 0 Å². The molecule has 2 unspecified atom stereocenters. The van der Waals surface area contributed by atoms with Crippen LogP contribution in [0.5, 0.6) is 0 Å². The highest BCUT2D eigenvalue weighted by Gasteiger charge is 2.26.